The number of rotatable bonds is 4. The lowest BCUT2D eigenvalue weighted by Gasteiger charge is -2.27. The van der Waals surface area contributed by atoms with Gasteiger partial charge in [-0.25, -0.2) is 9.69 Å². The number of hydrogen-bond acceptors (Lipinski definition) is 7. The third kappa shape index (κ3) is 3.16. The molecule has 3 aromatic carbocycles. The van der Waals surface area contributed by atoms with Gasteiger partial charge in [0.2, 0.25) is 29.0 Å². The summed E-state index contributed by atoms with van der Waals surface area (Å²) in [5, 5.41) is 0. The van der Waals surface area contributed by atoms with Gasteiger partial charge < -0.3 is 9.47 Å². The van der Waals surface area contributed by atoms with Crippen molar-refractivity contribution in [3.05, 3.63) is 101 Å². The first kappa shape index (κ1) is 23.9. The van der Waals surface area contributed by atoms with Crippen LogP contribution in [0.2, 0.25) is 0 Å². The Balaban J connectivity index is 1.47. The Morgan fingerprint density at radius 3 is 2.16 bits per heavy atom. The first-order valence-electron chi connectivity index (χ1n) is 12.4. The average molecular weight is 510 g/mol. The van der Waals surface area contributed by atoms with Crippen LogP contribution in [0.25, 0.3) is 0 Å². The summed E-state index contributed by atoms with van der Waals surface area (Å²) in [5.74, 6) is -5.42. The number of ether oxygens (including phenoxy) is 2. The van der Waals surface area contributed by atoms with Gasteiger partial charge in [-0.2, -0.15) is 0 Å². The number of benzene rings is 3. The van der Waals surface area contributed by atoms with E-state index in [0.717, 1.165) is 10.5 Å². The Kier molecular flexibility index (Phi) is 5.39. The Hall–Kier alpha value is -4.43. The van der Waals surface area contributed by atoms with Gasteiger partial charge in [0.05, 0.1) is 35.8 Å². The van der Waals surface area contributed by atoms with Crippen molar-refractivity contribution in [2.24, 2.45) is 11.8 Å². The van der Waals surface area contributed by atoms with Crippen molar-refractivity contribution >= 4 is 35.0 Å². The van der Waals surface area contributed by atoms with Crippen molar-refractivity contribution in [2.75, 3.05) is 11.5 Å². The smallest absolute Gasteiger partial charge is 0.338 e. The molecule has 6 rings (SSSR count). The Labute approximate surface area is 218 Å². The fourth-order valence-electron chi connectivity index (χ4n) is 5.88. The third-order valence-corrected chi connectivity index (χ3v) is 7.53. The Morgan fingerprint density at radius 1 is 0.895 bits per heavy atom. The molecule has 0 aromatic heterocycles. The minimum absolute atomic E-state index is 0.179. The number of hydrogen-bond donors (Lipinski definition) is 0. The van der Waals surface area contributed by atoms with Crippen LogP contribution in [0.3, 0.4) is 0 Å². The lowest BCUT2D eigenvalue weighted by molar-refractivity contribution is -0.127. The highest BCUT2D eigenvalue weighted by molar-refractivity contribution is 6.37. The summed E-state index contributed by atoms with van der Waals surface area (Å²) in [6.45, 7) is 3.78. The molecule has 3 aromatic rings. The van der Waals surface area contributed by atoms with E-state index in [1.807, 2.05) is 19.1 Å². The molecule has 8 heteroatoms. The molecule has 0 unspecified atom stereocenters. The Morgan fingerprint density at radius 2 is 1.55 bits per heavy atom. The van der Waals surface area contributed by atoms with E-state index in [2.05, 4.69) is 0 Å². The molecule has 1 aliphatic carbocycles. The standard InChI is InChI=1S/C30H23NO7/c1-3-37-29(36)17-11-13-19(14-12-17)31-27(34)22-23(28(31)35)30(38-24(22)18-8-6-7-16(2)15-18)25(32)20-9-4-5-10-21(20)26(30)33/h4-15,22-24H,3H2,1-2H3/t22-,23+,24+/m0/s1. The maximum Gasteiger partial charge on any atom is 0.338 e. The summed E-state index contributed by atoms with van der Waals surface area (Å²) in [6, 6.07) is 19.5. The maximum absolute atomic E-state index is 14.0. The highest BCUT2D eigenvalue weighted by atomic mass is 16.5. The first-order valence-corrected chi connectivity index (χ1v) is 12.4. The molecule has 0 saturated carbocycles. The molecule has 0 N–H and O–H groups in total. The predicted molar refractivity (Wildman–Crippen MR) is 135 cm³/mol. The van der Waals surface area contributed by atoms with Crippen LogP contribution in [-0.2, 0) is 19.1 Å². The lowest BCUT2D eigenvalue weighted by atomic mass is 9.77. The number of imide groups is 1. The highest BCUT2D eigenvalue weighted by Crippen LogP contribution is 2.57. The number of ketones is 2. The van der Waals surface area contributed by atoms with Crippen LogP contribution in [-0.4, -0.2) is 41.6 Å². The average Bonchev–Trinajstić information content (AvgIpc) is 3.49. The molecule has 0 bridgehead atoms. The number of carbonyl (C=O) groups is 5. The summed E-state index contributed by atoms with van der Waals surface area (Å²) >= 11 is 0. The summed E-state index contributed by atoms with van der Waals surface area (Å²) < 4.78 is 11.3. The predicted octanol–water partition coefficient (Wildman–Crippen LogP) is 3.87. The van der Waals surface area contributed by atoms with Gasteiger partial charge in [-0.05, 0) is 43.7 Å². The van der Waals surface area contributed by atoms with Crippen molar-refractivity contribution < 1.29 is 33.4 Å². The van der Waals surface area contributed by atoms with Gasteiger partial charge in [0.25, 0.3) is 0 Å². The molecule has 38 heavy (non-hydrogen) atoms. The number of esters is 1. The van der Waals surface area contributed by atoms with Crippen molar-refractivity contribution in [3.63, 3.8) is 0 Å². The number of carbonyl (C=O) groups excluding carboxylic acids is 5. The zero-order valence-electron chi connectivity index (χ0n) is 20.7. The summed E-state index contributed by atoms with van der Waals surface area (Å²) in [5.41, 5.74) is 0.236. The molecule has 3 aliphatic rings. The monoisotopic (exact) mass is 509 g/mol. The van der Waals surface area contributed by atoms with Gasteiger partial charge >= 0.3 is 5.97 Å². The van der Waals surface area contributed by atoms with Gasteiger partial charge in [0.1, 0.15) is 0 Å². The summed E-state index contributed by atoms with van der Waals surface area (Å²) in [6.07, 6.45) is -0.984. The van der Waals surface area contributed by atoms with Gasteiger partial charge in [0.15, 0.2) is 0 Å². The SMILES string of the molecule is CCOC(=O)c1ccc(N2C(=O)[C@@H]3[C@@H](c4cccc(C)c4)OC4(C(=O)c5ccccc5C4=O)[C@H]3C2=O)cc1. The van der Waals surface area contributed by atoms with E-state index >= 15 is 0 Å². The number of nitrogens with zero attached hydrogens (tertiary/aromatic N) is 1. The molecule has 8 nitrogen and oxygen atoms in total. The van der Waals surface area contributed by atoms with E-state index in [9.17, 15) is 24.0 Å². The highest BCUT2D eigenvalue weighted by Gasteiger charge is 2.74. The van der Waals surface area contributed by atoms with E-state index in [4.69, 9.17) is 9.47 Å². The fourth-order valence-corrected chi connectivity index (χ4v) is 5.88. The van der Waals surface area contributed by atoms with Crippen molar-refractivity contribution in [1.82, 2.24) is 0 Å². The van der Waals surface area contributed by atoms with E-state index in [1.54, 1.807) is 31.2 Å². The molecule has 2 amide bonds. The summed E-state index contributed by atoms with van der Waals surface area (Å²) in [4.78, 5) is 68.6. The van der Waals surface area contributed by atoms with Crippen LogP contribution in [0, 0.1) is 18.8 Å². The quantitative estimate of drug-likeness (QED) is 0.299. The van der Waals surface area contributed by atoms with Gasteiger partial charge in [-0.15, -0.1) is 0 Å². The minimum Gasteiger partial charge on any atom is -0.462 e. The van der Waals surface area contributed by atoms with Crippen LogP contribution in [0.1, 0.15) is 55.2 Å². The third-order valence-electron chi connectivity index (χ3n) is 7.53. The molecule has 3 atom stereocenters. The molecular weight excluding hydrogens is 486 g/mol. The topological polar surface area (TPSA) is 107 Å². The fraction of sp³-hybridized carbons (Fsp3) is 0.233. The van der Waals surface area contributed by atoms with Crippen molar-refractivity contribution in [1.29, 1.82) is 0 Å². The lowest BCUT2D eigenvalue weighted by Crippen LogP contribution is -2.51. The van der Waals surface area contributed by atoms with Crippen LogP contribution >= 0.6 is 0 Å². The van der Waals surface area contributed by atoms with E-state index in [1.165, 1.54) is 36.4 Å². The minimum atomic E-state index is -2.13. The Bertz CT molecular complexity index is 1510. The molecule has 2 aliphatic heterocycles. The van der Waals surface area contributed by atoms with Crippen LogP contribution < -0.4 is 4.90 Å². The molecule has 1 spiro atoms. The largest absolute Gasteiger partial charge is 0.462 e. The first-order chi connectivity index (χ1) is 18.3. The van der Waals surface area contributed by atoms with Gasteiger partial charge in [0, 0.05) is 11.1 Å². The molecule has 2 saturated heterocycles. The number of anilines is 1. The number of Topliss-reactive ketones (excluding diaryl/α,β-unsaturated/α-hetero) is 2. The number of amides is 2. The summed E-state index contributed by atoms with van der Waals surface area (Å²) in [7, 11) is 0. The molecular formula is C30H23NO7. The second kappa shape index (κ2) is 8.56. The van der Waals surface area contributed by atoms with Crippen LogP contribution in [0.5, 0.6) is 0 Å². The van der Waals surface area contributed by atoms with E-state index < -0.39 is 52.9 Å². The van der Waals surface area contributed by atoms with Gasteiger partial charge in [-0.3, -0.25) is 19.2 Å². The van der Waals surface area contributed by atoms with E-state index in [0.29, 0.717) is 5.56 Å². The second-order valence-electron chi connectivity index (χ2n) is 9.67. The second-order valence-corrected chi connectivity index (χ2v) is 9.67. The number of fused-ring (bicyclic) bond motifs is 3. The molecule has 0 radical (unpaired) electrons. The molecule has 190 valence electrons. The van der Waals surface area contributed by atoms with E-state index in [-0.39, 0.29) is 29.0 Å². The normalized spacial score (nSPS) is 23.2. The maximum atomic E-state index is 14.0. The van der Waals surface area contributed by atoms with Crippen molar-refractivity contribution in [3.8, 4) is 0 Å². The number of aryl methyl sites for hydroxylation is 1. The van der Waals surface area contributed by atoms with Crippen LogP contribution in [0.15, 0.2) is 72.8 Å². The van der Waals surface area contributed by atoms with Gasteiger partial charge in [-0.1, -0.05) is 54.1 Å². The zero-order chi connectivity index (χ0) is 26.8. The van der Waals surface area contributed by atoms with Crippen LogP contribution in [0.4, 0.5) is 5.69 Å². The molecule has 2 heterocycles. The zero-order valence-corrected chi connectivity index (χ0v) is 20.7. The van der Waals surface area contributed by atoms with Crippen molar-refractivity contribution in [2.45, 2.75) is 25.6 Å². The molecule has 2 fully saturated rings.